The number of nitrogens with zero attached hydrogens (tertiary/aromatic N) is 2. The van der Waals surface area contributed by atoms with Crippen LogP contribution in [-0.4, -0.2) is 41.1 Å². The number of hydrogen-bond acceptors (Lipinski definition) is 2. The number of anilines is 1. The van der Waals surface area contributed by atoms with Crippen LogP contribution in [0, 0.1) is 0 Å². The summed E-state index contributed by atoms with van der Waals surface area (Å²) in [5, 5.41) is 8.71. The van der Waals surface area contributed by atoms with Gasteiger partial charge in [0, 0.05) is 24.8 Å². The van der Waals surface area contributed by atoms with Crippen molar-refractivity contribution >= 4 is 17.7 Å². The summed E-state index contributed by atoms with van der Waals surface area (Å²) < 4.78 is 0. The number of carbonyl (C=O) groups excluding carboxylic acids is 1. The zero-order valence-electron chi connectivity index (χ0n) is 11.2. The molecule has 0 aromatic heterocycles. The third kappa shape index (κ3) is 2.86. The van der Waals surface area contributed by atoms with Crippen molar-refractivity contribution in [3.63, 3.8) is 0 Å². The fourth-order valence-corrected chi connectivity index (χ4v) is 2.24. The Bertz CT molecular complexity index is 482. The summed E-state index contributed by atoms with van der Waals surface area (Å²) in [7, 11) is 0. The second-order valence-corrected chi connectivity index (χ2v) is 4.96. The standard InChI is InChI=1S/C14H18N2O3/c1-10(2)15-7-8-16(14(15)19)12-5-3-11(4-6-12)9-13(17)18/h3-6,10H,7-9H2,1-2H3,(H,17,18). The van der Waals surface area contributed by atoms with E-state index in [9.17, 15) is 9.59 Å². The minimum atomic E-state index is -0.851. The predicted octanol–water partition coefficient (Wildman–Crippen LogP) is 1.96. The first-order chi connectivity index (χ1) is 8.99. The Labute approximate surface area is 112 Å². The lowest BCUT2D eigenvalue weighted by Gasteiger charge is -2.21. The molecule has 1 saturated heterocycles. The highest BCUT2D eigenvalue weighted by Crippen LogP contribution is 2.22. The van der Waals surface area contributed by atoms with Gasteiger partial charge in [0.25, 0.3) is 0 Å². The van der Waals surface area contributed by atoms with Crippen molar-refractivity contribution in [1.82, 2.24) is 4.90 Å². The maximum Gasteiger partial charge on any atom is 0.324 e. The van der Waals surface area contributed by atoms with Crippen LogP contribution in [-0.2, 0) is 11.2 Å². The SMILES string of the molecule is CC(C)N1CCN(c2ccc(CC(=O)O)cc2)C1=O. The number of aliphatic carboxylic acids is 1. The third-order valence-corrected chi connectivity index (χ3v) is 3.27. The van der Waals surface area contributed by atoms with Gasteiger partial charge in [0.05, 0.1) is 6.42 Å². The van der Waals surface area contributed by atoms with Crippen molar-refractivity contribution in [2.45, 2.75) is 26.3 Å². The molecule has 1 aromatic carbocycles. The highest BCUT2D eigenvalue weighted by atomic mass is 16.4. The zero-order chi connectivity index (χ0) is 14.0. The van der Waals surface area contributed by atoms with Gasteiger partial charge in [0.1, 0.15) is 0 Å². The van der Waals surface area contributed by atoms with Crippen LogP contribution in [0.25, 0.3) is 0 Å². The summed E-state index contributed by atoms with van der Waals surface area (Å²) in [5.41, 5.74) is 1.56. The molecule has 102 valence electrons. The lowest BCUT2D eigenvalue weighted by Crippen LogP contribution is -2.36. The van der Waals surface area contributed by atoms with E-state index in [-0.39, 0.29) is 18.5 Å². The number of benzene rings is 1. The number of carbonyl (C=O) groups is 2. The predicted molar refractivity (Wildman–Crippen MR) is 72.4 cm³/mol. The maximum atomic E-state index is 12.2. The molecular formula is C14H18N2O3. The van der Waals surface area contributed by atoms with E-state index in [0.717, 1.165) is 17.8 Å². The third-order valence-electron chi connectivity index (χ3n) is 3.27. The number of rotatable bonds is 4. The van der Waals surface area contributed by atoms with Gasteiger partial charge >= 0.3 is 12.0 Å². The molecule has 0 aliphatic carbocycles. The van der Waals surface area contributed by atoms with E-state index in [0.29, 0.717) is 6.54 Å². The molecule has 0 unspecified atom stereocenters. The van der Waals surface area contributed by atoms with E-state index in [1.54, 1.807) is 29.2 Å². The Morgan fingerprint density at radius 3 is 2.37 bits per heavy atom. The Balaban J connectivity index is 2.11. The monoisotopic (exact) mass is 262 g/mol. The van der Waals surface area contributed by atoms with E-state index in [1.807, 2.05) is 18.7 Å². The molecule has 0 spiro atoms. The van der Waals surface area contributed by atoms with Gasteiger partial charge in [-0.05, 0) is 31.5 Å². The summed E-state index contributed by atoms with van der Waals surface area (Å²) >= 11 is 0. The van der Waals surface area contributed by atoms with Crippen LogP contribution in [0.4, 0.5) is 10.5 Å². The average molecular weight is 262 g/mol. The van der Waals surface area contributed by atoms with Gasteiger partial charge in [-0.15, -0.1) is 0 Å². The van der Waals surface area contributed by atoms with Crippen LogP contribution < -0.4 is 4.90 Å². The molecule has 2 rings (SSSR count). The van der Waals surface area contributed by atoms with Gasteiger partial charge in [-0.25, -0.2) is 4.79 Å². The Morgan fingerprint density at radius 1 is 1.26 bits per heavy atom. The van der Waals surface area contributed by atoms with Crippen LogP contribution in [0.15, 0.2) is 24.3 Å². The van der Waals surface area contributed by atoms with Crippen molar-refractivity contribution in [2.75, 3.05) is 18.0 Å². The Morgan fingerprint density at radius 2 is 1.89 bits per heavy atom. The molecule has 2 amide bonds. The van der Waals surface area contributed by atoms with Crippen LogP contribution in [0.1, 0.15) is 19.4 Å². The second-order valence-electron chi connectivity index (χ2n) is 4.96. The van der Waals surface area contributed by atoms with Gasteiger partial charge in [-0.2, -0.15) is 0 Å². The first kappa shape index (κ1) is 13.4. The van der Waals surface area contributed by atoms with Crippen LogP contribution in [0.2, 0.25) is 0 Å². The van der Waals surface area contributed by atoms with Gasteiger partial charge in [-0.3, -0.25) is 9.69 Å². The molecule has 1 aliphatic heterocycles. The quantitative estimate of drug-likeness (QED) is 0.902. The van der Waals surface area contributed by atoms with E-state index >= 15 is 0 Å². The lowest BCUT2D eigenvalue weighted by molar-refractivity contribution is -0.136. The zero-order valence-corrected chi connectivity index (χ0v) is 11.2. The van der Waals surface area contributed by atoms with Crippen molar-refractivity contribution in [3.8, 4) is 0 Å². The van der Waals surface area contributed by atoms with Crippen LogP contribution in [0.5, 0.6) is 0 Å². The summed E-state index contributed by atoms with van der Waals surface area (Å²) in [4.78, 5) is 26.3. The Hall–Kier alpha value is -2.04. The van der Waals surface area contributed by atoms with Crippen molar-refractivity contribution < 1.29 is 14.7 Å². The largest absolute Gasteiger partial charge is 0.481 e. The Kier molecular flexibility index (Phi) is 3.74. The molecule has 0 atom stereocenters. The highest BCUT2D eigenvalue weighted by molar-refractivity contribution is 5.94. The maximum absolute atomic E-state index is 12.2. The molecule has 1 heterocycles. The molecule has 1 aliphatic rings. The van der Waals surface area contributed by atoms with Gasteiger partial charge in [0.2, 0.25) is 0 Å². The highest BCUT2D eigenvalue weighted by Gasteiger charge is 2.30. The molecule has 5 heteroatoms. The van der Waals surface area contributed by atoms with Crippen LogP contribution >= 0.6 is 0 Å². The lowest BCUT2D eigenvalue weighted by atomic mass is 10.1. The molecule has 5 nitrogen and oxygen atoms in total. The normalized spacial score (nSPS) is 15.4. The number of urea groups is 1. The molecule has 0 bridgehead atoms. The average Bonchev–Trinajstić information content (AvgIpc) is 2.71. The van der Waals surface area contributed by atoms with E-state index in [4.69, 9.17) is 5.11 Å². The molecule has 1 aromatic rings. The number of hydrogen-bond donors (Lipinski definition) is 1. The summed E-state index contributed by atoms with van der Waals surface area (Å²) in [6.45, 7) is 5.40. The minimum Gasteiger partial charge on any atom is -0.481 e. The molecule has 0 saturated carbocycles. The minimum absolute atomic E-state index is 0.00630. The first-order valence-corrected chi connectivity index (χ1v) is 6.38. The van der Waals surface area contributed by atoms with E-state index in [1.165, 1.54) is 0 Å². The fourth-order valence-electron chi connectivity index (χ4n) is 2.24. The summed E-state index contributed by atoms with van der Waals surface area (Å²) in [6.07, 6.45) is 0.00630. The van der Waals surface area contributed by atoms with Gasteiger partial charge in [0.15, 0.2) is 0 Å². The van der Waals surface area contributed by atoms with Gasteiger partial charge in [-0.1, -0.05) is 12.1 Å². The second kappa shape index (κ2) is 5.30. The molecular weight excluding hydrogens is 244 g/mol. The number of carboxylic acids is 1. The number of amides is 2. The van der Waals surface area contributed by atoms with Gasteiger partial charge < -0.3 is 10.0 Å². The van der Waals surface area contributed by atoms with Crippen molar-refractivity contribution in [1.29, 1.82) is 0 Å². The smallest absolute Gasteiger partial charge is 0.324 e. The van der Waals surface area contributed by atoms with Crippen LogP contribution in [0.3, 0.4) is 0 Å². The molecule has 1 N–H and O–H groups in total. The fraction of sp³-hybridized carbons (Fsp3) is 0.429. The number of carboxylic acid groups (broad SMARTS) is 1. The molecule has 1 fully saturated rings. The molecule has 19 heavy (non-hydrogen) atoms. The summed E-state index contributed by atoms with van der Waals surface area (Å²) in [6, 6.07) is 7.34. The first-order valence-electron chi connectivity index (χ1n) is 6.38. The van der Waals surface area contributed by atoms with E-state index in [2.05, 4.69) is 0 Å². The topological polar surface area (TPSA) is 60.9 Å². The van der Waals surface area contributed by atoms with Crippen molar-refractivity contribution in [2.24, 2.45) is 0 Å². The molecule has 0 radical (unpaired) electrons. The summed E-state index contributed by atoms with van der Waals surface area (Å²) in [5.74, 6) is -0.851. The van der Waals surface area contributed by atoms with Crippen molar-refractivity contribution in [3.05, 3.63) is 29.8 Å². The van der Waals surface area contributed by atoms with E-state index < -0.39 is 5.97 Å².